The summed E-state index contributed by atoms with van der Waals surface area (Å²) in [6.45, 7) is 3.99. The van der Waals surface area contributed by atoms with Gasteiger partial charge in [0.15, 0.2) is 5.96 Å². The molecule has 0 radical (unpaired) electrons. The van der Waals surface area contributed by atoms with E-state index < -0.39 is 0 Å². The molecule has 0 spiro atoms. The molecule has 9 heteroatoms. The number of nitrogens with zero attached hydrogens (tertiary/aromatic N) is 4. The number of ether oxygens (including phenoxy) is 1. The van der Waals surface area contributed by atoms with Gasteiger partial charge in [-0.3, -0.25) is 4.99 Å². The zero-order valence-electron chi connectivity index (χ0n) is 16.6. The Morgan fingerprint density at radius 3 is 2.72 bits per heavy atom. The lowest BCUT2D eigenvalue weighted by Crippen LogP contribution is -2.48. The molecule has 1 saturated heterocycles. The fourth-order valence-electron chi connectivity index (χ4n) is 3.20. The van der Waals surface area contributed by atoms with E-state index in [1.165, 1.54) is 12.1 Å². The lowest BCUT2D eigenvalue weighted by atomic mass is 10.1. The molecule has 0 atom stereocenters. The van der Waals surface area contributed by atoms with Crippen LogP contribution in [-0.2, 0) is 11.2 Å². The van der Waals surface area contributed by atoms with Crippen LogP contribution in [0.4, 0.5) is 9.18 Å². The summed E-state index contributed by atoms with van der Waals surface area (Å²) in [6, 6.07) is 8.28. The molecule has 1 amide bonds. The topological polar surface area (TPSA) is 97.8 Å². The minimum Gasteiger partial charge on any atom is -0.450 e. The Morgan fingerprint density at radius 2 is 2.03 bits per heavy atom. The number of guanidine groups is 1. The monoisotopic (exact) mass is 402 g/mol. The van der Waals surface area contributed by atoms with Gasteiger partial charge in [-0.05, 0) is 50.1 Å². The number of nitrogens with one attached hydrogen (secondary N) is 1. The Balaban J connectivity index is 1.42. The molecule has 156 valence electrons. The number of nitrogens with two attached hydrogens (primary N) is 1. The molecule has 29 heavy (non-hydrogen) atoms. The van der Waals surface area contributed by atoms with Crippen molar-refractivity contribution in [3.05, 3.63) is 48.0 Å². The molecular formula is C20H27FN6O2. The van der Waals surface area contributed by atoms with Crippen LogP contribution in [0.15, 0.2) is 41.5 Å². The smallest absolute Gasteiger partial charge is 0.409 e. The van der Waals surface area contributed by atoms with E-state index in [1.54, 1.807) is 28.6 Å². The first-order valence-corrected chi connectivity index (χ1v) is 9.84. The molecule has 0 unspecified atom stereocenters. The van der Waals surface area contributed by atoms with E-state index in [1.807, 2.05) is 12.3 Å². The molecule has 0 bridgehead atoms. The van der Waals surface area contributed by atoms with Crippen LogP contribution in [0.25, 0.3) is 5.69 Å². The maximum absolute atomic E-state index is 13.0. The summed E-state index contributed by atoms with van der Waals surface area (Å²) in [5.74, 6) is 0.127. The van der Waals surface area contributed by atoms with Gasteiger partial charge in [0.1, 0.15) is 5.82 Å². The number of hydrogen-bond acceptors (Lipinski definition) is 4. The normalized spacial score (nSPS) is 15.4. The molecule has 2 heterocycles. The van der Waals surface area contributed by atoms with Gasteiger partial charge in [-0.25, -0.2) is 13.9 Å². The largest absolute Gasteiger partial charge is 0.450 e. The predicted octanol–water partition coefficient (Wildman–Crippen LogP) is 2.08. The first kappa shape index (κ1) is 20.6. The van der Waals surface area contributed by atoms with Crippen LogP contribution in [0.1, 0.15) is 25.5 Å². The average Bonchev–Trinajstić information content (AvgIpc) is 3.18. The second-order valence-corrected chi connectivity index (χ2v) is 6.85. The molecule has 0 saturated carbocycles. The Labute approximate surface area is 169 Å². The number of carbonyl (C=O) groups excluding carboxylic acids is 1. The standard InChI is InChI=1S/C20H27FN6O2/c1-2-29-20(28)26-12-8-16(9-13-26)24-19(22)23-11-7-17-10-14-27(25-17)18-5-3-15(21)4-6-18/h3-6,10,14,16H,2,7-9,11-13H2,1H3,(H3,22,23,24). The third kappa shape index (κ3) is 5.94. The lowest BCUT2D eigenvalue weighted by Gasteiger charge is -2.31. The first-order chi connectivity index (χ1) is 14.0. The fourth-order valence-corrected chi connectivity index (χ4v) is 3.20. The summed E-state index contributed by atoms with van der Waals surface area (Å²) in [5, 5.41) is 7.70. The van der Waals surface area contributed by atoms with E-state index in [0.29, 0.717) is 38.6 Å². The molecule has 8 nitrogen and oxygen atoms in total. The molecule has 1 aliphatic rings. The van der Waals surface area contributed by atoms with E-state index >= 15 is 0 Å². The van der Waals surface area contributed by atoms with Crippen LogP contribution in [0.2, 0.25) is 0 Å². The van der Waals surface area contributed by atoms with Crippen molar-refractivity contribution in [2.24, 2.45) is 10.7 Å². The molecule has 1 fully saturated rings. The van der Waals surface area contributed by atoms with Gasteiger partial charge in [-0.2, -0.15) is 5.10 Å². The summed E-state index contributed by atoms with van der Waals surface area (Å²) < 4.78 is 19.7. The van der Waals surface area contributed by atoms with Crippen LogP contribution in [-0.4, -0.2) is 59.0 Å². The quantitative estimate of drug-likeness (QED) is 0.570. The number of likely N-dealkylation sites (tertiary alicyclic amines) is 1. The number of rotatable bonds is 6. The van der Waals surface area contributed by atoms with Crippen molar-refractivity contribution in [3.63, 3.8) is 0 Å². The summed E-state index contributed by atoms with van der Waals surface area (Å²) in [7, 11) is 0. The van der Waals surface area contributed by atoms with Crippen molar-refractivity contribution in [1.29, 1.82) is 0 Å². The third-order valence-electron chi connectivity index (χ3n) is 4.76. The van der Waals surface area contributed by atoms with Crippen molar-refractivity contribution < 1.29 is 13.9 Å². The number of halogens is 1. The van der Waals surface area contributed by atoms with E-state index in [2.05, 4.69) is 15.4 Å². The van der Waals surface area contributed by atoms with Crippen molar-refractivity contribution in [2.45, 2.75) is 32.2 Å². The fraction of sp³-hybridized carbons (Fsp3) is 0.450. The molecule has 2 aromatic rings. The summed E-state index contributed by atoms with van der Waals surface area (Å²) in [6.07, 6.45) is 3.84. The molecule has 0 aliphatic carbocycles. The average molecular weight is 402 g/mol. The van der Waals surface area contributed by atoms with Crippen LogP contribution < -0.4 is 11.1 Å². The first-order valence-electron chi connectivity index (χ1n) is 9.84. The Kier molecular flexibility index (Phi) is 7.04. The zero-order chi connectivity index (χ0) is 20.6. The number of benzene rings is 1. The molecule has 3 N–H and O–H groups in total. The van der Waals surface area contributed by atoms with Crippen LogP contribution in [0.3, 0.4) is 0 Å². The maximum Gasteiger partial charge on any atom is 0.409 e. The SMILES string of the molecule is CCOC(=O)N1CCC(NC(N)=NCCc2ccn(-c3ccc(F)cc3)n2)CC1. The molecule has 3 rings (SSSR count). The molecule has 1 aromatic heterocycles. The van der Waals surface area contributed by atoms with E-state index in [9.17, 15) is 9.18 Å². The Bertz CT molecular complexity index is 828. The van der Waals surface area contributed by atoms with E-state index in [0.717, 1.165) is 24.2 Å². The maximum atomic E-state index is 13.0. The summed E-state index contributed by atoms with van der Waals surface area (Å²) >= 11 is 0. The highest BCUT2D eigenvalue weighted by atomic mass is 19.1. The highest BCUT2D eigenvalue weighted by Crippen LogP contribution is 2.12. The number of carbonyl (C=O) groups is 1. The third-order valence-corrected chi connectivity index (χ3v) is 4.76. The van der Waals surface area contributed by atoms with Gasteiger partial charge in [0.25, 0.3) is 0 Å². The van der Waals surface area contributed by atoms with Gasteiger partial charge >= 0.3 is 6.09 Å². The summed E-state index contributed by atoms with van der Waals surface area (Å²) in [5.41, 5.74) is 7.68. The van der Waals surface area contributed by atoms with Gasteiger partial charge in [-0.15, -0.1) is 0 Å². The molecular weight excluding hydrogens is 375 g/mol. The van der Waals surface area contributed by atoms with Crippen molar-refractivity contribution in [2.75, 3.05) is 26.2 Å². The highest BCUT2D eigenvalue weighted by Gasteiger charge is 2.23. The number of piperidine rings is 1. The van der Waals surface area contributed by atoms with E-state index in [-0.39, 0.29) is 18.0 Å². The van der Waals surface area contributed by atoms with Crippen molar-refractivity contribution in [1.82, 2.24) is 20.0 Å². The lowest BCUT2D eigenvalue weighted by molar-refractivity contribution is 0.0963. The minimum atomic E-state index is -0.273. The van der Waals surface area contributed by atoms with Crippen LogP contribution >= 0.6 is 0 Å². The number of amides is 1. The Morgan fingerprint density at radius 1 is 1.31 bits per heavy atom. The van der Waals surface area contributed by atoms with Gasteiger partial charge < -0.3 is 20.7 Å². The highest BCUT2D eigenvalue weighted by molar-refractivity contribution is 5.78. The van der Waals surface area contributed by atoms with Crippen molar-refractivity contribution in [3.8, 4) is 5.69 Å². The Hall–Kier alpha value is -3.10. The van der Waals surface area contributed by atoms with Gasteiger partial charge in [0, 0.05) is 38.3 Å². The van der Waals surface area contributed by atoms with Crippen molar-refractivity contribution >= 4 is 12.1 Å². The second-order valence-electron chi connectivity index (χ2n) is 6.85. The number of aromatic nitrogens is 2. The predicted molar refractivity (Wildman–Crippen MR) is 108 cm³/mol. The summed E-state index contributed by atoms with van der Waals surface area (Å²) in [4.78, 5) is 17.8. The van der Waals surface area contributed by atoms with Gasteiger partial charge in [0.05, 0.1) is 18.0 Å². The van der Waals surface area contributed by atoms with Crippen LogP contribution in [0.5, 0.6) is 0 Å². The second kappa shape index (κ2) is 9.90. The van der Waals surface area contributed by atoms with Gasteiger partial charge in [0.2, 0.25) is 0 Å². The van der Waals surface area contributed by atoms with Crippen LogP contribution in [0, 0.1) is 5.82 Å². The molecule has 1 aromatic carbocycles. The molecule has 1 aliphatic heterocycles. The zero-order valence-corrected chi connectivity index (χ0v) is 16.6. The van der Waals surface area contributed by atoms with Gasteiger partial charge in [-0.1, -0.05) is 0 Å². The van der Waals surface area contributed by atoms with E-state index in [4.69, 9.17) is 10.5 Å². The number of aliphatic imine (C=N–C) groups is 1. The minimum absolute atomic E-state index is 0.196. The number of hydrogen-bond donors (Lipinski definition) is 2.